The van der Waals surface area contributed by atoms with Crippen molar-refractivity contribution in [1.29, 1.82) is 0 Å². The number of halogens is 1. The predicted octanol–water partition coefficient (Wildman–Crippen LogP) is 3.16. The molecule has 0 radical (unpaired) electrons. The average molecular weight is 267 g/mol. The van der Waals surface area contributed by atoms with Crippen LogP contribution in [0.1, 0.15) is 42.9 Å². The summed E-state index contributed by atoms with van der Waals surface area (Å²) in [4.78, 5) is 11.7. The standard InChI is InChI=1S/C14H19ClN2O/c1-10-6-7-13(17-14(18)16-9-8-15)12-5-3-2-4-11(10)12/h2-5,10,13H,6-9H2,1H3,(H2,16,17,18)/t10-,13-/m1/s1. The number of amides is 2. The van der Waals surface area contributed by atoms with E-state index in [0.717, 1.165) is 12.8 Å². The minimum atomic E-state index is -0.134. The number of carbonyl (C=O) groups excluding carboxylic acids is 1. The molecule has 0 bridgehead atoms. The van der Waals surface area contributed by atoms with Crippen LogP contribution in [0.2, 0.25) is 0 Å². The van der Waals surface area contributed by atoms with Crippen LogP contribution < -0.4 is 10.6 Å². The van der Waals surface area contributed by atoms with Crippen molar-refractivity contribution in [2.75, 3.05) is 12.4 Å². The Hall–Kier alpha value is -1.22. The van der Waals surface area contributed by atoms with Crippen molar-refractivity contribution in [2.45, 2.75) is 31.7 Å². The highest BCUT2D eigenvalue weighted by Gasteiger charge is 2.25. The molecule has 0 unspecified atom stereocenters. The van der Waals surface area contributed by atoms with Crippen molar-refractivity contribution < 1.29 is 4.79 Å². The van der Waals surface area contributed by atoms with Gasteiger partial charge in [-0.25, -0.2) is 4.79 Å². The molecule has 0 aliphatic heterocycles. The van der Waals surface area contributed by atoms with Crippen LogP contribution in [0, 0.1) is 0 Å². The molecule has 1 aromatic rings. The Labute approximate surface area is 113 Å². The van der Waals surface area contributed by atoms with Gasteiger partial charge in [0.1, 0.15) is 0 Å². The molecular formula is C14H19ClN2O. The van der Waals surface area contributed by atoms with Crippen LogP contribution in [0.4, 0.5) is 4.79 Å². The molecule has 0 spiro atoms. The third-order valence-corrected chi connectivity index (χ3v) is 3.67. The number of nitrogens with one attached hydrogen (secondary N) is 2. The van der Waals surface area contributed by atoms with Crippen LogP contribution >= 0.6 is 11.6 Å². The van der Waals surface area contributed by atoms with E-state index in [0.29, 0.717) is 18.3 Å². The Morgan fingerprint density at radius 1 is 1.33 bits per heavy atom. The Morgan fingerprint density at radius 3 is 2.78 bits per heavy atom. The molecule has 0 saturated carbocycles. The van der Waals surface area contributed by atoms with Crippen LogP contribution in [0.5, 0.6) is 0 Å². The Balaban J connectivity index is 2.07. The number of rotatable bonds is 3. The van der Waals surface area contributed by atoms with E-state index in [1.54, 1.807) is 0 Å². The van der Waals surface area contributed by atoms with Crippen LogP contribution in [-0.4, -0.2) is 18.5 Å². The first-order chi connectivity index (χ1) is 8.72. The van der Waals surface area contributed by atoms with Gasteiger partial charge in [-0.15, -0.1) is 11.6 Å². The van der Waals surface area contributed by atoms with Gasteiger partial charge in [-0.1, -0.05) is 31.2 Å². The maximum absolute atomic E-state index is 11.7. The molecule has 98 valence electrons. The van der Waals surface area contributed by atoms with E-state index < -0.39 is 0 Å². The largest absolute Gasteiger partial charge is 0.337 e. The zero-order valence-electron chi connectivity index (χ0n) is 10.6. The summed E-state index contributed by atoms with van der Waals surface area (Å²) in [6, 6.07) is 8.34. The second-order valence-electron chi connectivity index (χ2n) is 4.75. The van der Waals surface area contributed by atoms with Crippen LogP contribution in [0.15, 0.2) is 24.3 Å². The van der Waals surface area contributed by atoms with E-state index in [1.165, 1.54) is 11.1 Å². The van der Waals surface area contributed by atoms with Gasteiger partial charge in [0, 0.05) is 12.4 Å². The Bertz CT molecular complexity index is 422. The van der Waals surface area contributed by atoms with Crippen molar-refractivity contribution in [1.82, 2.24) is 10.6 Å². The van der Waals surface area contributed by atoms with Gasteiger partial charge >= 0.3 is 6.03 Å². The highest BCUT2D eigenvalue weighted by molar-refractivity contribution is 6.18. The van der Waals surface area contributed by atoms with Gasteiger partial charge in [0.2, 0.25) is 0 Å². The fraction of sp³-hybridized carbons (Fsp3) is 0.500. The van der Waals surface area contributed by atoms with Crippen LogP contribution in [-0.2, 0) is 0 Å². The van der Waals surface area contributed by atoms with E-state index in [-0.39, 0.29) is 12.1 Å². The first kappa shape index (κ1) is 13.2. The predicted molar refractivity (Wildman–Crippen MR) is 74.1 cm³/mol. The average Bonchev–Trinajstić information content (AvgIpc) is 2.40. The van der Waals surface area contributed by atoms with Gasteiger partial charge < -0.3 is 10.6 Å². The van der Waals surface area contributed by atoms with Gasteiger partial charge in [-0.3, -0.25) is 0 Å². The summed E-state index contributed by atoms with van der Waals surface area (Å²) in [5.74, 6) is 1.01. The fourth-order valence-corrected chi connectivity index (χ4v) is 2.62. The molecule has 2 atom stereocenters. The van der Waals surface area contributed by atoms with Gasteiger partial charge in [0.15, 0.2) is 0 Å². The first-order valence-electron chi connectivity index (χ1n) is 6.41. The number of alkyl halides is 1. The summed E-state index contributed by atoms with van der Waals surface area (Å²) in [6.07, 6.45) is 2.10. The number of urea groups is 1. The molecule has 0 fully saturated rings. The summed E-state index contributed by atoms with van der Waals surface area (Å²) < 4.78 is 0. The molecule has 2 N–H and O–H groups in total. The van der Waals surface area contributed by atoms with Crippen LogP contribution in [0.25, 0.3) is 0 Å². The second-order valence-corrected chi connectivity index (χ2v) is 5.13. The van der Waals surface area contributed by atoms with Gasteiger partial charge in [0.25, 0.3) is 0 Å². The van der Waals surface area contributed by atoms with E-state index in [2.05, 4.69) is 35.8 Å². The molecule has 4 heteroatoms. The van der Waals surface area contributed by atoms with Crippen molar-refractivity contribution in [2.24, 2.45) is 0 Å². The van der Waals surface area contributed by atoms with Crippen molar-refractivity contribution >= 4 is 17.6 Å². The fourth-order valence-electron chi connectivity index (χ4n) is 2.52. The van der Waals surface area contributed by atoms with E-state index in [4.69, 9.17) is 11.6 Å². The molecule has 0 heterocycles. The monoisotopic (exact) mass is 266 g/mol. The third kappa shape index (κ3) is 2.96. The highest BCUT2D eigenvalue weighted by atomic mass is 35.5. The SMILES string of the molecule is C[C@@H]1CC[C@@H](NC(=O)NCCCl)c2ccccc21. The molecule has 0 saturated heterocycles. The summed E-state index contributed by atoms with van der Waals surface area (Å²) in [7, 11) is 0. The quantitative estimate of drug-likeness (QED) is 0.811. The second kappa shape index (κ2) is 6.10. The lowest BCUT2D eigenvalue weighted by atomic mass is 9.81. The Morgan fingerprint density at radius 2 is 2.06 bits per heavy atom. The maximum atomic E-state index is 11.7. The van der Waals surface area contributed by atoms with E-state index >= 15 is 0 Å². The van der Waals surface area contributed by atoms with Crippen molar-refractivity contribution in [3.63, 3.8) is 0 Å². The van der Waals surface area contributed by atoms with Gasteiger partial charge in [-0.05, 0) is 29.9 Å². The number of carbonyl (C=O) groups is 1. The topological polar surface area (TPSA) is 41.1 Å². The van der Waals surface area contributed by atoms with Crippen LogP contribution in [0.3, 0.4) is 0 Å². The maximum Gasteiger partial charge on any atom is 0.315 e. The molecule has 1 aliphatic carbocycles. The zero-order chi connectivity index (χ0) is 13.0. The first-order valence-corrected chi connectivity index (χ1v) is 6.95. The summed E-state index contributed by atoms with van der Waals surface area (Å²) in [6.45, 7) is 2.74. The Kier molecular flexibility index (Phi) is 4.48. The zero-order valence-corrected chi connectivity index (χ0v) is 11.3. The van der Waals surface area contributed by atoms with E-state index in [1.807, 2.05) is 6.07 Å². The van der Waals surface area contributed by atoms with Crippen molar-refractivity contribution in [3.05, 3.63) is 35.4 Å². The lowest BCUT2D eigenvalue weighted by molar-refractivity contribution is 0.235. The lowest BCUT2D eigenvalue weighted by Gasteiger charge is -2.30. The van der Waals surface area contributed by atoms with Crippen molar-refractivity contribution in [3.8, 4) is 0 Å². The third-order valence-electron chi connectivity index (χ3n) is 3.48. The molecule has 0 aromatic heterocycles. The molecule has 1 aromatic carbocycles. The summed E-state index contributed by atoms with van der Waals surface area (Å²) in [5.41, 5.74) is 2.60. The normalized spacial score (nSPS) is 22.1. The summed E-state index contributed by atoms with van der Waals surface area (Å²) >= 11 is 5.55. The van der Waals surface area contributed by atoms with Gasteiger partial charge in [0.05, 0.1) is 6.04 Å². The number of fused-ring (bicyclic) bond motifs is 1. The number of benzene rings is 1. The van der Waals surface area contributed by atoms with E-state index in [9.17, 15) is 4.79 Å². The number of hydrogen-bond donors (Lipinski definition) is 2. The molecule has 1 aliphatic rings. The minimum Gasteiger partial charge on any atom is -0.337 e. The lowest BCUT2D eigenvalue weighted by Crippen LogP contribution is -2.40. The smallest absolute Gasteiger partial charge is 0.315 e. The highest BCUT2D eigenvalue weighted by Crippen LogP contribution is 2.36. The molecule has 3 nitrogen and oxygen atoms in total. The molecule has 2 rings (SSSR count). The minimum absolute atomic E-state index is 0.118. The number of hydrogen-bond acceptors (Lipinski definition) is 1. The molecule has 18 heavy (non-hydrogen) atoms. The summed E-state index contributed by atoms with van der Waals surface area (Å²) in [5, 5.41) is 5.76. The molecule has 2 amide bonds. The van der Waals surface area contributed by atoms with Gasteiger partial charge in [-0.2, -0.15) is 0 Å². The molecular weight excluding hydrogens is 248 g/mol.